The van der Waals surface area contributed by atoms with Gasteiger partial charge in [-0.1, -0.05) is 24.3 Å². The SMILES string of the molecule is N#CCCN1CCN(c2nc(NC3=NCC(c4cccs4)=C3)nc(Sc3ccccc3)n2)CC1. The third-order valence-corrected chi connectivity index (χ3v) is 7.38. The normalized spacial score (nSPS) is 16.1. The summed E-state index contributed by atoms with van der Waals surface area (Å²) in [6.45, 7) is 4.86. The Bertz CT molecular complexity index is 1210. The van der Waals surface area contributed by atoms with Crippen LogP contribution in [0, 0.1) is 11.3 Å². The molecule has 0 atom stereocenters. The van der Waals surface area contributed by atoms with Crippen LogP contribution < -0.4 is 10.2 Å². The van der Waals surface area contributed by atoms with E-state index in [-0.39, 0.29) is 0 Å². The van der Waals surface area contributed by atoms with E-state index >= 15 is 0 Å². The molecule has 2 aromatic heterocycles. The van der Waals surface area contributed by atoms with Crippen molar-refractivity contribution in [3.05, 3.63) is 58.8 Å². The summed E-state index contributed by atoms with van der Waals surface area (Å²) in [6.07, 6.45) is 2.62. The van der Waals surface area contributed by atoms with Crippen molar-refractivity contribution in [2.75, 3.05) is 49.5 Å². The fraction of sp³-hybridized carbons (Fsp3) is 0.292. The van der Waals surface area contributed by atoms with Crippen molar-refractivity contribution in [2.45, 2.75) is 16.5 Å². The van der Waals surface area contributed by atoms with Gasteiger partial charge in [-0.2, -0.15) is 20.2 Å². The monoisotopic (exact) mass is 488 g/mol. The second kappa shape index (κ2) is 10.8. The number of aromatic nitrogens is 3. The summed E-state index contributed by atoms with van der Waals surface area (Å²) in [5.74, 6) is 1.92. The number of aliphatic imine (C=N–C) groups is 1. The van der Waals surface area contributed by atoms with E-state index in [9.17, 15) is 0 Å². The number of rotatable bonds is 7. The molecule has 0 aliphatic carbocycles. The molecule has 0 radical (unpaired) electrons. The highest BCUT2D eigenvalue weighted by atomic mass is 32.2. The topological polar surface area (TPSA) is 93.3 Å². The average molecular weight is 489 g/mol. The van der Waals surface area contributed by atoms with Gasteiger partial charge in [-0.05, 0) is 47.0 Å². The summed E-state index contributed by atoms with van der Waals surface area (Å²) in [5.41, 5.74) is 1.19. The number of nitriles is 1. The van der Waals surface area contributed by atoms with E-state index in [0.717, 1.165) is 43.5 Å². The Kier molecular flexibility index (Phi) is 7.14. The van der Waals surface area contributed by atoms with Gasteiger partial charge in [0.1, 0.15) is 5.84 Å². The molecule has 2 aliphatic heterocycles. The Morgan fingerprint density at radius 3 is 2.65 bits per heavy atom. The van der Waals surface area contributed by atoms with Crippen molar-refractivity contribution < 1.29 is 0 Å². The quantitative estimate of drug-likeness (QED) is 0.533. The number of nitrogens with zero attached hydrogens (tertiary/aromatic N) is 7. The van der Waals surface area contributed by atoms with Crippen LogP contribution in [0.25, 0.3) is 5.57 Å². The molecule has 172 valence electrons. The van der Waals surface area contributed by atoms with Crippen LogP contribution in [0.3, 0.4) is 0 Å². The largest absolute Gasteiger partial charge is 0.338 e. The lowest BCUT2D eigenvalue weighted by Gasteiger charge is -2.34. The maximum absolute atomic E-state index is 8.86. The van der Waals surface area contributed by atoms with Gasteiger partial charge in [0.25, 0.3) is 0 Å². The molecule has 1 fully saturated rings. The second-order valence-electron chi connectivity index (χ2n) is 7.87. The molecule has 1 N–H and O–H groups in total. The molecule has 2 aliphatic rings. The molecule has 34 heavy (non-hydrogen) atoms. The molecule has 1 aromatic carbocycles. The van der Waals surface area contributed by atoms with Crippen LogP contribution in [0.4, 0.5) is 11.9 Å². The van der Waals surface area contributed by atoms with Crippen LogP contribution >= 0.6 is 23.1 Å². The Labute approximate surface area is 207 Å². The zero-order valence-corrected chi connectivity index (χ0v) is 20.2. The van der Waals surface area contributed by atoms with Crippen molar-refractivity contribution in [1.82, 2.24) is 19.9 Å². The first kappa shape index (κ1) is 22.5. The smallest absolute Gasteiger partial charge is 0.234 e. The van der Waals surface area contributed by atoms with Crippen LogP contribution in [0.15, 0.2) is 69.0 Å². The van der Waals surface area contributed by atoms with Gasteiger partial charge in [-0.15, -0.1) is 11.3 Å². The minimum atomic E-state index is 0.498. The number of hydrogen-bond acceptors (Lipinski definition) is 10. The van der Waals surface area contributed by atoms with E-state index in [1.807, 2.05) is 30.3 Å². The second-order valence-corrected chi connectivity index (χ2v) is 9.86. The number of piperazine rings is 1. The Balaban J connectivity index is 1.35. The summed E-state index contributed by atoms with van der Waals surface area (Å²) in [6, 6.07) is 16.5. The molecule has 10 heteroatoms. The summed E-state index contributed by atoms with van der Waals surface area (Å²) in [7, 11) is 0. The molecule has 4 heterocycles. The van der Waals surface area contributed by atoms with E-state index < -0.39 is 0 Å². The van der Waals surface area contributed by atoms with Crippen LogP contribution in [0.5, 0.6) is 0 Å². The fourth-order valence-corrected chi connectivity index (χ4v) is 5.29. The first-order valence-electron chi connectivity index (χ1n) is 11.2. The number of nitrogens with one attached hydrogen (secondary N) is 1. The Hall–Kier alpha value is -3.26. The van der Waals surface area contributed by atoms with Gasteiger partial charge in [0, 0.05) is 48.9 Å². The minimum Gasteiger partial charge on any atom is -0.338 e. The van der Waals surface area contributed by atoms with E-state index in [1.54, 1.807) is 11.3 Å². The van der Waals surface area contributed by atoms with E-state index in [1.165, 1.54) is 22.2 Å². The maximum Gasteiger partial charge on any atom is 0.234 e. The molecular formula is C24H24N8S2. The van der Waals surface area contributed by atoms with E-state index in [2.05, 4.69) is 54.8 Å². The lowest BCUT2D eigenvalue weighted by Crippen LogP contribution is -2.47. The van der Waals surface area contributed by atoms with Gasteiger partial charge >= 0.3 is 0 Å². The molecule has 0 amide bonds. The summed E-state index contributed by atoms with van der Waals surface area (Å²) in [4.78, 5) is 25.6. The van der Waals surface area contributed by atoms with Crippen molar-refractivity contribution in [3.63, 3.8) is 0 Å². The van der Waals surface area contributed by atoms with Crippen molar-refractivity contribution in [3.8, 4) is 6.07 Å². The van der Waals surface area contributed by atoms with Crippen LogP contribution in [0.2, 0.25) is 0 Å². The molecule has 0 saturated carbocycles. The van der Waals surface area contributed by atoms with E-state index in [4.69, 9.17) is 15.2 Å². The van der Waals surface area contributed by atoms with Gasteiger partial charge in [-0.25, -0.2) is 0 Å². The highest BCUT2D eigenvalue weighted by Gasteiger charge is 2.21. The molecule has 0 unspecified atom stereocenters. The molecular weight excluding hydrogens is 464 g/mol. The fourth-order valence-electron chi connectivity index (χ4n) is 3.79. The number of hydrogen-bond donors (Lipinski definition) is 1. The number of amidine groups is 1. The minimum absolute atomic E-state index is 0.498. The number of benzene rings is 1. The van der Waals surface area contributed by atoms with Crippen LogP contribution in [-0.4, -0.2) is 65.0 Å². The van der Waals surface area contributed by atoms with Crippen LogP contribution in [-0.2, 0) is 0 Å². The van der Waals surface area contributed by atoms with E-state index in [0.29, 0.717) is 30.0 Å². The molecule has 5 rings (SSSR count). The lowest BCUT2D eigenvalue weighted by molar-refractivity contribution is 0.262. The van der Waals surface area contributed by atoms with Crippen molar-refractivity contribution in [2.24, 2.45) is 4.99 Å². The Morgan fingerprint density at radius 2 is 1.88 bits per heavy atom. The van der Waals surface area contributed by atoms with Gasteiger partial charge in [0.2, 0.25) is 11.9 Å². The van der Waals surface area contributed by atoms with Gasteiger partial charge in [0.05, 0.1) is 12.6 Å². The third kappa shape index (κ3) is 5.62. The third-order valence-electron chi connectivity index (χ3n) is 5.56. The predicted octanol–water partition coefficient (Wildman–Crippen LogP) is 4.03. The molecule has 8 nitrogen and oxygen atoms in total. The molecule has 0 bridgehead atoms. The molecule has 1 saturated heterocycles. The summed E-state index contributed by atoms with van der Waals surface area (Å²) in [5, 5.41) is 14.9. The van der Waals surface area contributed by atoms with Crippen LogP contribution in [0.1, 0.15) is 11.3 Å². The summed E-state index contributed by atoms with van der Waals surface area (Å²) < 4.78 is 0. The first-order chi connectivity index (χ1) is 16.8. The Morgan fingerprint density at radius 1 is 1.03 bits per heavy atom. The zero-order chi connectivity index (χ0) is 23.2. The highest BCUT2D eigenvalue weighted by Crippen LogP contribution is 2.28. The highest BCUT2D eigenvalue weighted by molar-refractivity contribution is 7.99. The lowest BCUT2D eigenvalue weighted by atomic mass is 10.2. The van der Waals surface area contributed by atoms with Crippen molar-refractivity contribution in [1.29, 1.82) is 5.26 Å². The van der Waals surface area contributed by atoms with Crippen molar-refractivity contribution >= 4 is 46.4 Å². The number of thiophene rings is 1. The standard InChI is InChI=1S/C24H24N8S2/c25-9-5-10-31-11-13-32(14-12-31)23-28-22(29-24(30-23)34-19-6-2-1-3-7-19)27-21-16-18(17-26-21)20-8-4-15-33-20/h1-4,6-8,15-16H,5,10-14,17H2,(H,26,27,28,29,30). The zero-order valence-electron chi connectivity index (χ0n) is 18.6. The first-order valence-corrected chi connectivity index (χ1v) is 12.9. The van der Waals surface area contributed by atoms with Gasteiger partial charge in [0.15, 0.2) is 5.16 Å². The number of anilines is 2. The average Bonchev–Trinajstić information content (AvgIpc) is 3.56. The molecule has 3 aromatic rings. The van der Waals surface area contributed by atoms with Gasteiger partial charge < -0.3 is 10.2 Å². The summed E-state index contributed by atoms with van der Waals surface area (Å²) >= 11 is 3.24. The molecule has 0 spiro atoms. The maximum atomic E-state index is 8.86. The van der Waals surface area contributed by atoms with Gasteiger partial charge in [-0.3, -0.25) is 9.89 Å². The predicted molar refractivity (Wildman–Crippen MR) is 137 cm³/mol.